The number of carbonyl (C=O) groups excluding carboxylic acids is 1. The summed E-state index contributed by atoms with van der Waals surface area (Å²) >= 11 is 0. The van der Waals surface area contributed by atoms with Crippen molar-refractivity contribution in [2.45, 2.75) is 18.7 Å². The lowest BCUT2D eigenvalue weighted by Gasteiger charge is -2.32. The molecule has 1 aliphatic rings. The van der Waals surface area contributed by atoms with Gasteiger partial charge in [0.2, 0.25) is 0 Å². The Morgan fingerprint density at radius 3 is 2.10 bits per heavy atom. The highest BCUT2D eigenvalue weighted by molar-refractivity contribution is 7.97. The van der Waals surface area contributed by atoms with E-state index in [1.165, 1.54) is 24.3 Å². The van der Waals surface area contributed by atoms with Gasteiger partial charge < -0.3 is 23.6 Å². The van der Waals surface area contributed by atoms with Gasteiger partial charge in [-0.2, -0.15) is 0 Å². The zero-order valence-electron chi connectivity index (χ0n) is 17.1. The van der Waals surface area contributed by atoms with Gasteiger partial charge in [0.1, 0.15) is 5.75 Å². The standard InChI is InChI=1S/C18H29N2O7PS/c1-4-26-28(22,27-5-2)15-29(23,24)17-8-6-16(7-9-17)25-14-18(21)20-12-10-19(3)11-13-20/h6-9H,4-5,10-15H2,1-3H3. The lowest BCUT2D eigenvalue weighted by molar-refractivity contribution is -0.134. The molecule has 164 valence electrons. The van der Waals surface area contributed by atoms with E-state index < -0.39 is 22.9 Å². The molecule has 0 atom stereocenters. The molecule has 0 saturated carbocycles. The fraction of sp³-hybridized carbons (Fsp3) is 0.611. The highest BCUT2D eigenvalue weighted by atomic mass is 32.2. The molecule has 1 aromatic carbocycles. The molecule has 0 unspecified atom stereocenters. The smallest absolute Gasteiger partial charge is 0.346 e. The molecule has 11 heteroatoms. The number of hydrogen-bond acceptors (Lipinski definition) is 8. The normalized spacial score (nSPS) is 16.0. The molecule has 0 N–H and O–H groups in total. The fourth-order valence-electron chi connectivity index (χ4n) is 2.82. The maximum atomic E-state index is 12.6. The maximum Gasteiger partial charge on any atom is 0.346 e. The van der Waals surface area contributed by atoms with Crippen LogP contribution >= 0.6 is 7.60 Å². The summed E-state index contributed by atoms with van der Waals surface area (Å²) in [5.74, 6) is 0.272. The second-order valence-corrected chi connectivity index (χ2v) is 11.1. The number of likely N-dealkylation sites (N-methyl/N-ethyl adjacent to an activating group) is 1. The van der Waals surface area contributed by atoms with Gasteiger partial charge in [-0.25, -0.2) is 8.42 Å². The quantitative estimate of drug-likeness (QED) is 0.500. The van der Waals surface area contributed by atoms with Crippen LogP contribution in [0, 0.1) is 0 Å². The first-order valence-corrected chi connectivity index (χ1v) is 12.9. The van der Waals surface area contributed by atoms with Crippen molar-refractivity contribution in [1.82, 2.24) is 9.80 Å². The van der Waals surface area contributed by atoms with E-state index in [1.54, 1.807) is 18.7 Å². The van der Waals surface area contributed by atoms with E-state index in [1.807, 2.05) is 7.05 Å². The first kappa shape index (κ1) is 23.8. The molecule has 0 radical (unpaired) electrons. The minimum atomic E-state index is -3.88. The summed E-state index contributed by atoms with van der Waals surface area (Å²) in [6.45, 7) is 6.27. The highest BCUT2D eigenvalue weighted by Crippen LogP contribution is 2.50. The van der Waals surface area contributed by atoms with Gasteiger partial charge in [0.25, 0.3) is 5.91 Å². The number of hydrogen-bond donors (Lipinski definition) is 0. The molecule has 0 spiro atoms. The number of rotatable bonds is 10. The van der Waals surface area contributed by atoms with Gasteiger partial charge in [-0.1, -0.05) is 0 Å². The van der Waals surface area contributed by atoms with Crippen molar-refractivity contribution in [3.05, 3.63) is 24.3 Å². The molecule has 0 bridgehead atoms. The largest absolute Gasteiger partial charge is 0.484 e. The van der Waals surface area contributed by atoms with Crippen LogP contribution in [0.3, 0.4) is 0 Å². The molecule has 1 saturated heterocycles. The molecular weight excluding hydrogens is 419 g/mol. The summed E-state index contributed by atoms with van der Waals surface area (Å²) in [6.07, 6.45) is 0. The van der Waals surface area contributed by atoms with Crippen LogP contribution in [-0.4, -0.2) is 82.7 Å². The van der Waals surface area contributed by atoms with Crippen molar-refractivity contribution >= 4 is 23.3 Å². The summed E-state index contributed by atoms with van der Waals surface area (Å²) in [5, 5.41) is 0. The van der Waals surface area contributed by atoms with Crippen LogP contribution in [0.15, 0.2) is 29.2 Å². The zero-order chi connectivity index (χ0) is 21.5. The average molecular weight is 448 g/mol. The third-order valence-electron chi connectivity index (χ3n) is 4.38. The average Bonchev–Trinajstić information content (AvgIpc) is 2.67. The van der Waals surface area contributed by atoms with E-state index in [2.05, 4.69) is 4.90 Å². The van der Waals surface area contributed by atoms with E-state index in [0.29, 0.717) is 18.8 Å². The predicted molar refractivity (Wildman–Crippen MR) is 109 cm³/mol. The van der Waals surface area contributed by atoms with Gasteiger partial charge in [0.05, 0.1) is 18.1 Å². The Labute approximate surface area is 172 Å². The van der Waals surface area contributed by atoms with Crippen LogP contribution in [0.4, 0.5) is 0 Å². The van der Waals surface area contributed by atoms with Crippen molar-refractivity contribution in [1.29, 1.82) is 0 Å². The van der Waals surface area contributed by atoms with Crippen molar-refractivity contribution in [2.75, 3.05) is 58.5 Å². The number of ether oxygens (including phenoxy) is 1. The van der Waals surface area contributed by atoms with E-state index in [9.17, 15) is 17.8 Å². The SMILES string of the molecule is CCOP(=O)(CS(=O)(=O)c1ccc(OCC(=O)N2CCN(C)CC2)cc1)OCC. The number of benzene rings is 1. The Bertz CT molecular complexity index is 811. The van der Waals surface area contributed by atoms with Crippen molar-refractivity contribution in [3.8, 4) is 5.75 Å². The Kier molecular flexibility index (Phi) is 8.66. The second-order valence-electron chi connectivity index (χ2n) is 6.63. The van der Waals surface area contributed by atoms with Crippen LogP contribution in [0.25, 0.3) is 0 Å². The van der Waals surface area contributed by atoms with E-state index in [4.69, 9.17) is 13.8 Å². The summed E-state index contributed by atoms with van der Waals surface area (Å²) in [4.78, 5) is 16.1. The molecule has 1 heterocycles. The zero-order valence-corrected chi connectivity index (χ0v) is 18.8. The highest BCUT2D eigenvalue weighted by Gasteiger charge is 2.32. The fourth-order valence-corrected chi connectivity index (χ4v) is 7.09. The van der Waals surface area contributed by atoms with Crippen LogP contribution in [0.2, 0.25) is 0 Å². The topological polar surface area (TPSA) is 102 Å². The summed E-state index contributed by atoms with van der Waals surface area (Å²) in [5.41, 5.74) is -0.732. The van der Waals surface area contributed by atoms with E-state index in [-0.39, 0.29) is 30.6 Å². The first-order chi connectivity index (χ1) is 13.7. The van der Waals surface area contributed by atoms with Crippen molar-refractivity contribution in [3.63, 3.8) is 0 Å². The van der Waals surface area contributed by atoms with Crippen molar-refractivity contribution in [2.24, 2.45) is 0 Å². The Balaban J connectivity index is 1.96. The van der Waals surface area contributed by atoms with Crippen LogP contribution in [0.1, 0.15) is 13.8 Å². The summed E-state index contributed by atoms with van der Waals surface area (Å²) < 4.78 is 53.3. The number of amides is 1. The first-order valence-electron chi connectivity index (χ1n) is 9.49. The summed E-state index contributed by atoms with van der Waals surface area (Å²) in [7, 11) is -5.61. The molecule has 0 aliphatic carbocycles. The van der Waals surface area contributed by atoms with Gasteiger partial charge in [-0.3, -0.25) is 9.36 Å². The minimum absolute atomic E-state index is 0.0186. The summed E-state index contributed by atoms with van der Waals surface area (Å²) in [6, 6.07) is 5.65. The maximum absolute atomic E-state index is 12.6. The number of carbonyl (C=O) groups is 1. The monoisotopic (exact) mass is 448 g/mol. The molecule has 29 heavy (non-hydrogen) atoms. The third kappa shape index (κ3) is 7.08. The van der Waals surface area contributed by atoms with Gasteiger partial charge >= 0.3 is 7.60 Å². The Morgan fingerprint density at radius 1 is 1.03 bits per heavy atom. The second kappa shape index (κ2) is 10.5. The predicted octanol–water partition coefficient (Wildman–Crippen LogP) is 1.84. The van der Waals surface area contributed by atoms with E-state index >= 15 is 0 Å². The van der Waals surface area contributed by atoms with E-state index in [0.717, 1.165) is 13.1 Å². The van der Waals surface area contributed by atoms with Crippen LogP contribution in [0.5, 0.6) is 5.75 Å². The molecule has 1 aromatic rings. The van der Waals surface area contributed by atoms with Gasteiger partial charge in [-0.15, -0.1) is 0 Å². The molecular formula is C18H29N2O7PS. The molecule has 1 fully saturated rings. The van der Waals surface area contributed by atoms with Gasteiger partial charge in [-0.05, 0) is 45.2 Å². The molecule has 2 rings (SSSR count). The Hall–Kier alpha value is -1.45. The lowest BCUT2D eigenvalue weighted by atomic mass is 10.3. The third-order valence-corrected chi connectivity index (χ3v) is 9.30. The number of sulfone groups is 1. The molecule has 9 nitrogen and oxygen atoms in total. The number of nitrogens with zero attached hydrogens (tertiary/aromatic N) is 2. The van der Waals surface area contributed by atoms with Gasteiger partial charge in [0, 0.05) is 26.2 Å². The Morgan fingerprint density at radius 2 is 1.59 bits per heavy atom. The molecule has 1 amide bonds. The molecule has 0 aromatic heterocycles. The number of piperazine rings is 1. The minimum Gasteiger partial charge on any atom is -0.484 e. The molecule has 1 aliphatic heterocycles. The van der Waals surface area contributed by atoms with Crippen LogP contribution in [-0.2, 0) is 28.2 Å². The van der Waals surface area contributed by atoms with Crippen molar-refractivity contribution < 1.29 is 31.6 Å². The lowest BCUT2D eigenvalue weighted by Crippen LogP contribution is -2.48. The van der Waals surface area contributed by atoms with Crippen LogP contribution < -0.4 is 4.74 Å². The van der Waals surface area contributed by atoms with Gasteiger partial charge in [0.15, 0.2) is 21.9 Å².